The zero-order chi connectivity index (χ0) is 17.6. The van der Waals surface area contributed by atoms with E-state index >= 15 is 0 Å². The molecule has 2 N–H and O–H groups in total. The quantitative estimate of drug-likeness (QED) is 0.486. The standard InChI is InChI=1S/C15H21NO7/c1-15(2,3)23-14(19)16-11-10(22-8-20-4)7-6-9(12(11)17)13(18)21-5/h6-7,17H,8H2,1-5H3,(H,16,19). The molecule has 8 nitrogen and oxygen atoms in total. The van der Waals surface area contributed by atoms with E-state index in [0.717, 1.165) is 0 Å². The van der Waals surface area contributed by atoms with Crippen molar-refractivity contribution in [2.24, 2.45) is 0 Å². The summed E-state index contributed by atoms with van der Waals surface area (Å²) in [6.07, 6.45) is -0.808. The molecule has 0 radical (unpaired) electrons. The summed E-state index contributed by atoms with van der Waals surface area (Å²) in [4.78, 5) is 23.5. The summed E-state index contributed by atoms with van der Waals surface area (Å²) < 4.78 is 19.7. The van der Waals surface area contributed by atoms with Gasteiger partial charge in [-0.3, -0.25) is 5.32 Å². The minimum Gasteiger partial charge on any atom is -0.505 e. The Bertz CT molecular complexity index is 578. The fraction of sp³-hybridized carbons (Fsp3) is 0.467. The third kappa shape index (κ3) is 5.33. The maximum Gasteiger partial charge on any atom is 0.412 e. The Hall–Kier alpha value is -2.48. The highest BCUT2D eigenvalue weighted by molar-refractivity contribution is 5.98. The van der Waals surface area contributed by atoms with Gasteiger partial charge in [0.1, 0.15) is 22.6 Å². The Morgan fingerprint density at radius 3 is 2.39 bits per heavy atom. The topological polar surface area (TPSA) is 103 Å². The Balaban J connectivity index is 3.17. The number of benzene rings is 1. The van der Waals surface area contributed by atoms with E-state index in [1.807, 2.05) is 0 Å². The number of carbonyl (C=O) groups is 2. The molecule has 0 saturated heterocycles. The number of aromatic hydroxyl groups is 1. The van der Waals surface area contributed by atoms with E-state index in [9.17, 15) is 14.7 Å². The highest BCUT2D eigenvalue weighted by Crippen LogP contribution is 2.37. The number of hydrogen-bond acceptors (Lipinski definition) is 7. The number of anilines is 1. The van der Waals surface area contributed by atoms with Gasteiger partial charge in [0.2, 0.25) is 0 Å². The summed E-state index contributed by atoms with van der Waals surface area (Å²) >= 11 is 0. The summed E-state index contributed by atoms with van der Waals surface area (Å²) in [5.74, 6) is -1.13. The number of methoxy groups -OCH3 is 2. The van der Waals surface area contributed by atoms with Gasteiger partial charge in [0.15, 0.2) is 12.5 Å². The van der Waals surface area contributed by atoms with Crippen molar-refractivity contribution in [3.8, 4) is 11.5 Å². The van der Waals surface area contributed by atoms with Crippen LogP contribution in [0.1, 0.15) is 31.1 Å². The van der Waals surface area contributed by atoms with Gasteiger partial charge in [-0.2, -0.15) is 0 Å². The first-order valence-corrected chi connectivity index (χ1v) is 6.75. The monoisotopic (exact) mass is 327 g/mol. The van der Waals surface area contributed by atoms with Gasteiger partial charge in [-0.05, 0) is 32.9 Å². The lowest BCUT2D eigenvalue weighted by molar-refractivity contribution is 0.0506. The van der Waals surface area contributed by atoms with E-state index in [1.165, 1.54) is 26.4 Å². The minimum atomic E-state index is -0.808. The van der Waals surface area contributed by atoms with Crippen LogP contribution in [0.5, 0.6) is 11.5 Å². The van der Waals surface area contributed by atoms with E-state index in [1.54, 1.807) is 20.8 Å². The fourth-order valence-corrected chi connectivity index (χ4v) is 1.62. The molecule has 0 heterocycles. The highest BCUT2D eigenvalue weighted by atomic mass is 16.7. The molecule has 0 bridgehead atoms. The maximum absolute atomic E-state index is 11.9. The predicted molar refractivity (Wildman–Crippen MR) is 81.8 cm³/mol. The first-order chi connectivity index (χ1) is 10.7. The van der Waals surface area contributed by atoms with Crippen LogP contribution >= 0.6 is 0 Å². The second-order valence-corrected chi connectivity index (χ2v) is 5.50. The fourth-order valence-electron chi connectivity index (χ4n) is 1.62. The van der Waals surface area contributed by atoms with Gasteiger partial charge in [-0.1, -0.05) is 0 Å². The smallest absolute Gasteiger partial charge is 0.412 e. The third-order valence-corrected chi connectivity index (χ3v) is 2.50. The average molecular weight is 327 g/mol. The second-order valence-electron chi connectivity index (χ2n) is 5.50. The molecule has 1 aromatic carbocycles. The van der Waals surface area contributed by atoms with Crippen LogP contribution in [0.25, 0.3) is 0 Å². The lowest BCUT2D eigenvalue weighted by Crippen LogP contribution is -2.27. The summed E-state index contributed by atoms with van der Waals surface area (Å²) in [6.45, 7) is 4.97. The summed E-state index contributed by atoms with van der Waals surface area (Å²) in [7, 11) is 2.60. The van der Waals surface area contributed by atoms with Crippen molar-refractivity contribution in [2.75, 3.05) is 26.3 Å². The Labute approximate surface area is 134 Å². The van der Waals surface area contributed by atoms with Gasteiger partial charge in [0.05, 0.1) is 7.11 Å². The molecule has 23 heavy (non-hydrogen) atoms. The second kappa shape index (κ2) is 7.68. The minimum absolute atomic E-state index is 0.111. The Kier molecular flexibility index (Phi) is 6.20. The molecule has 128 valence electrons. The molecule has 0 unspecified atom stereocenters. The van der Waals surface area contributed by atoms with Crippen LogP contribution in [0.3, 0.4) is 0 Å². The molecule has 1 aromatic rings. The molecule has 0 fully saturated rings. The largest absolute Gasteiger partial charge is 0.505 e. The number of phenolic OH excluding ortho intramolecular Hbond substituents is 1. The van der Waals surface area contributed by atoms with E-state index in [0.29, 0.717) is 0 Å². The van der Waals surface area contributed by atoms with Gasteiger partial charge in [-0.25, -0.2) is 9.59 Å². The van der Waals surface area contributed by atoms with Crippen LogP contribution in [0.2, 0.25) is 0 Å². The first-order valence-electron chi connectivity index (χ1n) is 6.75. The number of amides is 1. The van der Waals surface area contributed by atoms with E-state index in [-0.39, 0.29) is 23.8 Å². The lowest BCUT2D eigenvalue weighted by Gasteiger charge is -2.21. The van der Waals surface area contributed by atoms with Crippen molar-refractivity contribution in [1.29, 1.82) is 0 Å². The van der Waals surface area contributed by atoms with Crippen LogP contribution in [-0.2, 0) is 14.2 Å². The number of ether oxygens (including phenoxy) is 4. The van der Waals surface area contributed by atoms with Gasteiger partial charge in [0, 0.05) is 7.11 Å². The van der Waals surface area contributed by atoms with Gasteiger partial charge >= 0.3 is 12.1 Å². The summed E-state index contributed by atoms with van der Waals surface area (Å²) in [5.41, 5.74) is -0.963. The van der Waals surface area contributed by atoms with Gasteiger partial charge < -0.3 is 24.1 Å². The molecule has 0 aromatic heterocycles. The van der Waals surface area contributed by atoms with E-state index < -0.39 is 23.4 Å². The third-order valence-electron chi connectivity index (χ3n) is 2.50. The SMILES string of the molecule is COCOc1ccc(C(=O)OC)c(O)c1NC(=O)OC(C)(C)C. The molecule has 1 amide bonds. The molecule has 1 rings (SSSR count). The molecule has 0 atom stereocenters. The van der Waals surface area contributed by atoms with E-state index in [4.69, 9.17) is 14.2 Å². The first kappa shape index (κ1) is 18.6. The zero-order valence-corrected chi connectivity index (χ0v) is 13.8. The van der Waals surface area contributed by atoms with Crippen LogP contribution in [0.15, 0.2) is 12.1 Å². The Morgan fingerprint density at radius 2 is 1.87 bits per heavy atom. The number of hydrogen-bond donors (Lipinski definition) is 2. The van der Waals surface area contributed by atoms with Crippen LogP contribution < -0.4 is 10.1 Å². The number of nitrogens with one attached hydrogen (secondary N) is 1. The van der Waals surface area contributed by atoms with Crippen molar-refractivity contribution in [2.45, 2.75) is 26.4 Å². The maximum atomic E-state index is 11.9. The van der Waals surface area contributed by atoms with Crippen molar-refractivity contribution in [3.05, 3.63) is 17.7 Å². The van der Waals surface area contributed by atoms with Crippen LogP contribution in [-0.4, -0.2) is 43.8 Å². The van der Waals surface area contributed by atoms with Gasteiger partial charge in [0.25, 0.3) is 0 Å². The van der Waals surface area contributed by atoms with Crippen molar-refractivity contribution < 1.29 is 33.6 Å². The molecule has 0 aliphatic rings. The molecule has 0 aliphatic heterocycles. The normalized spacial score (nSPS) is 10.8. The number of carbonyl (C=O) groups excluding carboxylic acids is 2. The van der Waals surface area contributed by atoms with E-state index in [2.05, 4.69) is 10.1 Å². The van der Waals surface area contributed by atoms with Crippen molar-refractivity contribution in [1.82, 2.24) is 0 Å². The highest BCUT2D eigenvalue weighted by Gasteiger charge is 2.23. The predicted octanol–water partition coefficient (Wildman–Crippen LogP) is 2.51. The summed E-state index contributed by atoms with van der Waals surface area (Å²) in [5, 5.41) is 12.6. The van der Waals surface area contributed by atoms with Crippen molar-refractivity contribution >= 4 is 17.7 Å². The van der Waals surface area contributed by atoms with Crippen LogP contribution in [0, 0.1) is 0 Å². The number of esters is 1. The van der Waals surface area contributed by atoms with Crippen LogP contribution in [0.4, 0.5) is 10.5 Å². The molecular weight excluding hydrogens is 306 g/mol. The molecule has 8 heteroatoms. The molecular formula is C15H21NO7. The summed E-state index contributed by atoms with van der Waals surface area (Å²) in [6, 6.07) is 2.71. The number of rotatable bonds is 5. The Morgan fingerprint density at radius 1 is 1.22 bits per heavy atom. The van der Waals surface area contributed by atoms with Gasteiger partial charge in [-0.15, -0.1) is 0 Å². The lowest BCUT2D eigenvalue weighted by atomic mass is 10.1. The van der Waals surface area contributed by atoms with Crippen molar-refractivity contribution in [3.63, 3.8) is 0 Å². The average Bonchev–Trinajstić information content (AvgIpc) is 2.45. The number of phenols is 1. The molecule has 0 spiro atoms. The zero-order valence-electron chi connectivity index (χ0n) is 13.8. The molecule has 0 saturated carbocycles. The molecule has 0 aliphatic carbocycles.